The molecule has 18 N–H and O–H groups in total. The molecule has 0 radical (unpaired) electrons. The number of aliphatic hydroxyl groups is 14. The largest absolute Gasteiger partial charge is 0.508 e. The summed E-state index contributed by atoms with van der Waals surface area (Å²) >= 11 is 0. The average Bonchev–Trinajstić information content (AvgIpc) is 0.764. The summed E-state index contributed by atoms with van der Waals surface area (Å²) in [6.45, 7) is 3.54. The maximum atomic E-state index is 15.4. The Balaban J connectivity index is 0.948. The summed E-state index contributed by atoms with van der Waals surface area (Å²) in [4.78, 5) is 43.2. The summed E-state index contributed by atoms with van der Waals surface area (Å²) in [5.41, 5.74) is -1.10. The highest BCUT2D eigenvalue weighted by Crippen LogP contribution is 2.42. The van der Waals surface area contributed by atoms with Gasteiger partial charge >= 0.3 is 11.9 Å². The number of fused-ring (bicyclic) bond motifs is 1. The lowest BCUT2D eigenvalue weighted by atomic mass is 9.96. The molecule has 30 atom stereocenters. The van der Waals surface area contributed by atoms with Crippen molar-refractivity contribution in [3.8, 4) is 45.8 Å². The minimum atomic E-state index is -2.29. The first-order valence-electron chi connectivity index (χ1n) is 33.2. The summed E-state index contributed by atoms with van der Waals surface area (Å²) in [5.74, 6) is -5.65. The van der Waals surface area contributed by atoms with E-state index in [2.05, 4.69) is 0 Å². The van der Waals surface area contributed by atoms with Gasteiger partial charge in [0.05, 0.1) is 37.6 Å². The summed E-state index contributed by atoms with van der Waals surface area (Å²) in [6.07, 6.45) is -50.2. The molecule has 6 aliphatic heterocycles. The van der Waals surface area contributed by atoms with E-state index in [1.165, 1.54) is 101 Å². The van der Waals surface area contributed by atoms with Crippen LogP contribution in [0.5, 0.6) is 34.5 Å². The van der Waals surface area contributed by atoms with Gasteiger partial charge in [-0.25, -0.2) is 9.59 Å². The molecule has 36 heteroatoms. The molecule has 7 heterocycles. The average molecular weight is 1490 g/mol. The van der Waals surface area contributed by atoms with Gasteiger partial charge in [-0.2, -0.15) is 0 Å². The van der Waals surface area contributed by atoms with Crippen molar-refractivity contribution in [1.82, 2.24) is 0 Å². The predicted octanol–water partition coefficient (Wildman–Crippen LogP) is -3.42. The van der Waals surface area contributed by atoms with Crippen molar-refractivity contribution < 1.29 is 172 Å². The fraction of sp³-hybridized carbons (Fsp3) is 0.522. The summed E-state index contributed by atoms with van der Waals surface area (Å²) in [5, 5.41) is 196. The zero-order valence-electron chi connectivity index (χ0n) is 56.0. The van der Waals surface area contributed by atoms with Gasteiger partial charge in [0.2, 0.25) is 23.8 Å². The number of hydrogen-bond donors (Lipinski definition) is 18. The third kappa shape index (κ3) is 17.2. The molecule has 6 saturated heterocycles. The van der Waals surface area contributed by atoms with Crippen molar-refractivity contribution in [1.29, 1.82) is 0 Å². The smallest absolute Gasteiger partial charge is 0.331 e. The fourth-order valence-electron chi connectivity index (χ4n) is 12.5. The van der Waals surface area contributed by atoms with Gasteiger partial charge in [0.1, 0.15) is 150 Å². The van der Waals surface area contributed by atoms with Crippen molar-refractivity contribution in [3.05, 3.63) is 118 Å². The number of benzene rings is 4. The molecule has 6 fully saturated rings. The Morgan fingerprint density at radius 3 is 1.42 bits per heavy atom. The molecule has 0 aliphatic carbocycles. The van der Waals surface area contributed by atoms with Crippen molar-refractivity contribution in [2.45, 2.75) is 212 Å². The van der Waals surface area contributed by atoms with E-state index in [4.69, 9.17) is 70.7 Å². The van der Waals surface area contributed by atoms with Gasteiger partial charge in [-0.1, -0.05) is 24.3 Å². The van der Waals surface area contributed by atoms with Crippen molar-refractivity contribution in [3.63, 3.8) is 0 Å². The zero-order valence-corrected chi connectivity index (χ0v) is 56.0. The Morgan fingerprint density at radius 1 is 0.429 bits per heavy atom. The summed E-state index contributed by atoms with van der Waals surface area (Å²) < 4.78 is 90.0. The van der Waals surface area contributed by atoms with Gasteiger partial charge in [-0.3, -0.25) is 4.79 Å². The number of carbonyl (C=O) groups is 2. The zero-order chi connectivity index (χ0) is 75.7. The number of hydrogen-bond acceptors (Lipinski definition) is 36. The van der Waals surface area contributed by atoms with Crippen molar-refractivity contribution in [2.75, 3.05) is 13.2 Å². The number of aliphatic hydroxyl groups excluding tert-OH is 14. The number of aromatic hydroxyl groups is 4. The second kappa shape index (κ2) is 33.2. The van der Waals surface area contributed by atoms with E-state index in [9.17, 15) is 102 Å². The first-order chi connectivity index (χ1) is 49.9. The van der Waals surface area contributed by atoms with Crippen LogP contribution >= 0.6 is 0 Å². The van der Waals surface area contributed by atoms with Gasteiger partial charge in [0.25, 0.3) is 0 Å². The van der Waals surface area contributed by atoms with E-state index < -0.39 is 249 Å². The Kier molecular flexibility index (Phi) is 24.8. The molecule has 0 unspecified atom stereocenters. The van der Waals surface area contributed by atoms with Gasteiger partial charge in [0, 0.05) is 29.8 Å². The third-order valence-electron chi connectivity index (χ3n) is 18.6. The van der Waals surface area contributed by atoms with E-state index in [0.717, 1.165) is 36.4 Å². The predicted molar refractivity (Wildman–Crippen MR) is 347 cm³/mol. The molecule has 0 saturated carbocycles. The Labute approximate surface area is 594 Å². The topological polar surface area (TPSA) is 558 Å². The first-order valence-corrected chi connectivity index (χ1v) is 33.2. The van der Waals surface area contributed by atoms with Crippen LogP contribution in [-0.4, -0.2) is 301 Å². The van der Waals surface area contributed by atoms with Crippen LogP contribution in [0.1, 0.15) is 38.8 Å². The van der Waals surface area contributed by atoms with Gasteiger partial charge < -0.3 is 163 Å². The molecule has 6 aliphatic rings. The number of carbonyl (C=O) groups excluding carboxylic acids is 2. The van der Waals surface area contributed by atoms with Crippen LogP contribution < -0.4 is 14.9 Å². The lowest BCUT2D eigenvalue weighted by Crippen LogP contribution is -2.66. The number of ether oxygens (including phenoxy) is 14. The van der Waals surface area contributed by atoms with Crippen molar-refractivity contribution in [2.24, 2.45) is 0 Å². The Bertz CT molecular complexity index is 3870. The van der Waals surface area contributed by atoms with E-state index in [1.54, 1.807) is 0 Å². The monoisotopic (exact) mass is 1490 g/mol. The first kappa shape index (κ1) is 78.4. The van der Waals surface area contributed by atoms with E-state index >= 15 is 4.79 Å². The van der Waals surface area contributed by atoms with Crippen LogP contribution in [0.15, 0.2) is 106 Å². The lowest BCUT2D eigenvalue weighted by Gasteiger charge is -2.48. The second-order valence-electron chi connectivity index (χ2n) is 26.0. The number of phenolic OH excluding ortho intramolecular Hbond substituents is 4. The standard InChI is InChI=1S/C69H82O36/c1-25-43(77)49(83)53(87)65(92-25)102-59-45(79)27(3)94-68(55(59)89)104-62-56(90)67(95-28(4)57(62)100-40(75)19-9-29-5-13-32(71)14-6-29)96-35-21-36(74)42-37(22-35)97-58(31-11-17-34(73)18-12-31)61(48(42)82)105-69-63(101-41(76)20-10-30-7-15-33(72)16-8-30)60(103-66-54(88)50(84)44(78)26(2)93-66)47(81)39(99-69)24-91-64-52(86)51(85)46(80)38(23-70)98-64/h5-22,25-28,38-39,43-47,49-57,59-60,62-74,77-81,83-90H,23-24H2,1-4H3/t25-,26-,27+,28-,38-,39-,43+,44+,45-,46+,47-,49-,50-,51-,52-,53+,54+,55+,56-,57-,59+,60+,62+,63-,64-,65-,66+,67-,68+,69-/m0/s1. The number of rotatable bonds is 21. The molecule has 0 spiro atoms. The Hall–Kier alpha value is -7.65. The Morgan fingerprint density at radius 2 is 0.876 bits per heavy atom. The highest BCUT2D eigenvalue weighted by molar-refractivity contribution is 5.89. The SMILES string of the molecule is C[C@@H]1O[C@@H](O[C@@H]2[C@@H](O)[C@@H](C)O[C@H](O[C@@H]3[C@H](O)[C@H](Oc4cc(O)c5c(=O)c(O[C@@H]6O[C@@H](CO[C@H]7O[C@@H](CO)[C@@H](O)[C@H](O)[C@@H]7O)[C@H](O)[C@@H](O[C@H]7O[C@@H](C)[C@@H](O)[C@H](O)[C@H]7O)[C@@H]6OC(=O)C=Cc6ccc(O)cc6)c(-c6ccc(O)cc6)oc5c4)O[C@@H](C)[C@@H]3OC(=O)C=Cc3ccc(O)cc3)[C@@H]2O)[C@H](O)[C@@H](O)[C@@H]1O. The molecule has 0 amide bonds. The molecule has 36 nitrogen and oxygen atoms in total. The molecule has 1 aromatic heterocycles. The van der Waals surface area contributed by atoms with E-state index in [0.29, 0.717) is 11.1 Å². The van der Waals surface area contributed by atoms with Gasteiger partial charge in [-0.05, 0) is 99.5 Å². The van der Waals surface area contributed by atoms with E-state index in [-0.39, 0.29) is 22.8 Å². The summed E-state index contributed by atoms with van der Waals surface area (Å²) in [6, 6.07) is 17.8. The third-order valence-corrected chi connectivity index (χ3v) is 18.6. The number of phenols is 4. The molecular weight excluding hydrogens is 1400 g/mol. The highest BCUT2D eigenvalue weighted by atomic mass is 16.8. The molecule has 574 valence electrons. The van der Waals surface area contributed by atoms with Crippen LogP contribution in [0.3, 0.4) is 0 Å². The molecular formula is C69H82O36. The quantitative estimate of drug-likeness (QED) is 0.0251. The molecule has 0 bridgehead atoms. The van der Waals surface area contributed by atoms with Crippen LogP contribution in [0, 0.1) is 0 Å². The normalized spacial score (nSPS) is 38.2. The minimum Gasteiger partial charge on any atom is -0.508 e. The van der Waals surface area contributed by atoms with Crippen LogP contribution in [0.2, 0.25) is 0 Å². The highest BCUT2D eigenvalue weighted by Gasteiger charge is 2.57. The van der Waals surface area contributed by atoms with Crippen LogP contribution in [0.4, 0.5) is 0 Å². The van der Waals surface area contributed by atoms with E-state index in [1.807, 2.05) is 0 Å². The van der Waals surface area contributed by atoms with Gasteiger partial charge in [0.15, 0.2) is 43.1 Å². The molecule has 4 aromatic carbocycles. The maximum Gasteiger partial charge on any atom is 0.331 e. The van der Waals surface area contributed by atoms with Gasteiger partial charge in [-0.15, -0.1) is 0 Å². The van der Waals surface area contributed by atoms with Crippen LogP contribution in [0.25, 0.3) is 34.4 Å². The van der Waals surface area contributed by atoms with Crippen molar-refractivity contribution >= 4 is 35.1 Å². The summed E-state index contributed by atoms with van der Waals surface area (Å²) in [7, 11) is 0. The molecule has 5 aromatic rings. The lowest BCUT2D eigenvalue weighted by molar-refractivity contribution is -0.372. The minimum absolute atomic E-state index is 0.0638. The fourth-order valence-corrected chi connectivity index (χ4v) is 12.5. The number of esters is 2. The van der Waals surface area contributed by atoms with Crippen LogP contribution in [-0.2, 0) is 66.4 Å². The second-order valence-corrected chi connectivity index (χ2v) is 26.0. The molecule has 11 rings (SSSR count). The maximum absolute atomic E-state index is 15.4. The molecule has 105 heavy (non-hydrogen) atoms.